The van der Waals surface area contributed by atoms with Gasteiger partial charge in [0.05, 0.1) is 5.69 Å². The Bertz CT molecular complexity index is 1220. The second-order valence-electron chi connectivity index (χ2n) is 8.45. The van der Waals surface area contributed by atoms with Crippen molar-refractivity contribution in [2.75, 3.05) is 0 Å². The van der Waals surface area contributed by atoms with E-state index >= 15 is 0 Å². The molecule has 0 radical (unpaired) electrons. The highest BCUT2D eigenvalue weighted by atomic mass is 15.0. The monoisotopic (exact) mass is 393 g/mol. The van der Waals surface area contributed by atoms with Gasteiger partial charge in [0.25, 0.3) is 0 Å². The lowest BCUT2D eigenvalue weighted by molar-refractivity contribution is 0.313. The third-order valence-corrected chi connectivity index (χ3v) is 6.33. The lowest BCUT2D eigenvalue weighted by atomic mass is 9.73. The summed E-state index contributed by atoms with van der Waals surface area (Å²) in [7, 11) is 0. The molecule has 0 spiro atoms. The highest BCUT2D eigenvalue weighted by Gasteiger charge is 2.33. The van der Waals surface area contributed by atoms with Gasteiger partial charge in [0.1, 0.15) is 5.65 Å². The second kappa shape index (κ2) is 7.49. The van der Waals surface area contributed by atoms with Gasteiger partial charge in [-0.15, -0.1) is 0 Å². The summed E-state index contributed by atoms with van der Waals surface area (Å²) in [5.74, 6) is 0.559. The Kier molecular flexibility index (Phi) is 4.66. The normalized spacial score (nSPS) is 18.2. The van der Waals surface area contributed by atoms with Crippen molar-refractivity contribution in [3.8, 4) is 11.3 Å². The number of benzene rings is 2. The maximum atomic E-state index is 4.75. The van der Waals surface area contributed by atoms with Gasteiger partial charge in [-0.2, -0.15) is 0 Å². The van der Waals surface area contributed by atoms with Crippen molar-refractivity contribution < 1.29 is 0 Å². The zero-order chi connectivity index (χ0) is 20.7. The number of fused-ring (bicyclic) bond motifs is 1. The van der Waals surface area contributed by atoms with Crippen molar-refractivity contribution in [2.45, 2.75) is 38.6 Å². The molecular formula is C27H27N3. The van der Waals surface area contributed by atoms with Crippen LogP contribution in [-0.4, -0.2) is 15.4 Å². The molecule has 1 fully saturated rings. The van der Waals surface area contributed by atoms with Crippen LogP contribution in [0.4, 0.5) is 0 Å². The Hall–Kier alpha value is -3.33. The molecule has 3 heteroatoms. The Balaban J connectivity index is 1.34. The Morgan fingerprint density at radius 1 is 1.00 bits per heavy atom. The first-order chi connectivity index (χ1) is 14.6. The fourth-order valence-corrected chi connectivity index (χ4v) is 4.51. The highest BCUT2D eigenvalue weighted by Crippen LogP contribution is 2.39. The number of nitrogens with zero attached hydrogens (tertiary/aromatic N) is 2. The molecule has 2 aromatic carbocycles. The zero-order valence-corrected chi connectivity index (χ0v) is 17.6. The van der Waals surface area contributed by atoms with Crippen molar-refractivity contribution in [3.63, 3.8) is 0 Å². The molecule has 4 aromatic rings. The summed E-state index contributed by atoms with van der Waals surface area (Å²) in [6, 6.07) is 21.7. The molecule has 0 aliphatic heterocycles. The van der Waals surface area contributed by atoms with Crippen LogP contribution in [0.3, 0.4) is 0 Å². The molecule has 5 rings (SSSR count). The number of pyridine rings is 1. The van der Waals surface area contributed by atoms with Crippen molar-refractivity contribution in [3.05, 3.63) is 102 Å². The van der Waals surface area contributed by atoms with Gasteiger partial charge in [-0.25, -0.2) is 4.98 Å². The number of nitrogens with one attached hydrogen (secondary N) is 1. The minimum Gasteiger partial charge on any atom is -0.382 e. The van der Waals surface area contributed by atoms with Crippen LogP contribution in [0, 0.1) is 13.8 Å². The molecule has 30 heavy (non-hydrogen) atoms. The van der Waals surface area contributed by atoms with Crippen LogP contribution in [0.2, 0.25) is 0 Å². The fourth-order valence-electron chi connectivity index (χ4n) is 4.51. The maximum Gasteiger partial charge on any atom is 0.137 e. The van der Waals surface area contributed by atoms with Crippen molar-refractivity contribution >= 4 is 11.3 Å². The lowest BCUT2D eigenvalue weighted by Crippen LogP contribution is -2.41. The molecule has 2 heterocycles. The first kappa shape index (κ1) is 18.7. The Morgan fingerprint density at radius 2 is 1.83 bits per heavy atom. The van der Waals surface area contributed by atoms with Crippen LogP contribution in [0.1, 0.15) is 41.0 Å². The highest BCUT2D eigenvalue weighted by molar-refractivity contribution is 5.66. The summed E-state index contributed by atoms with van der Waals surface area (Å²) in [4.78, 5) is 4.75. The summed E-state index contributed by atoms with van der Waals surface area (Å²) >= 11 is 0. The standard InChI is InChI=1S/C27H27N3/c1-18-9-11-23(19(2)15-18)24-12-13-25(24)28-20(3)22-10-14-27-29-26(17-30(27)16-22)21-7-5-4-6-8-21/h4-11,14-17,24-25,28H,3,12-13H2,1-2H3. The molecule has 2 atom stereocenters. The molecule has 1 aliphatic rings. The van der Waals surface area contributed by atoms with Gasteiger partial charge in [0.15, 0.2) is 0 Å². The number of hydrogen-bond donors (Lipinski definition) is 1. The molecule has 0 saturated heterocycles. The average molecular weight is 394 g/mol. The quantitative estimate of drug-likeness (QED) is 0.442. The van der Waals surface area contributed by atoms with Gasteiger partial charge in [0.2, 0.25) is 0 Å². The van der Waals surface area contributed by atoms with Crippen molar-refractivity contribution in [1.82, 2.24) is 14.7 Å². The third kappa shape index (κ3) is 3.41. The van der Waals surface area contributed by atoms with Crippen LogP contribution in [0.5, 0.6) is 0 Å². The molecule has 3 nitrogen and oxygen atoms in total. The fraction of sp³-hybridized carbons (Fsp3) is 0.222. The van der Waals surface area contributed by atoms with Gasteiger partial charge in [-0.05, 0) is 49.9 Å². The zero-order valence-electron chi connectivity index (χ0n) is 17.6. The Morgan fingerprint density at radius 3 is 2.57 bits per heavy atom. The molecule has 1 aliphatic carbocycles. The van der Waals surface area contributed by atoms with Gasteiger partial charge in [-0.3, -0.25) is 0 Å². The minimum absolute atomic E-state index is 0.442. The summed E-state index contributed by atoms with van der Waals surface area (Å²) in [6.45, 7) is 8.72. The lowest BCUT2D eigenvalue weighted by Gasteiger charge is -2.39. The number of hydrogen-bond acceptors (Lipinski definition) is 2. The molecule has 0 amide bonds. The summed E-state index contributed by atoms with van der Waals surface area (Å²) in [5, 5.41) is 3.70. The van der Waals surface area contributed by atoms with E-state index in [0.29, 0.717) is 12.0 Å². The van der Waals surface area contributed by atoms with Gasteiger partial charge in [0, 0.05) is 41.2 Å². The van der Waals surface area contributed by atoms with Crippen molar-refractivity contribution in [1.29, 1.82) is 0 Å². The van der Waals surface area contributed by atoms with E-state index in [9.17, 15) is 0 Å². The summed E-state index contributed by atoms with van der Waals surface area (Å²) < 4.78 is 2.09. The van der Waals surface area contributed by atoms with E-state index in [2.05, 4.69) is 85.0 Å². The number of aromatic nitrogens is 2. The van der Waals surface area contributed by atoms with Crippen LogP contribution >= 0.6 is 0 Å². The van der Waals surface area contributed by atoms with Crippen molar-refractivity contribution in [2.24, 2.45) is 0 Å². The molecule has 2 aromatic heterocycles. The first-order valence-electron chi connectivity index (χ1n) is 10.7. The van der Waals surface area contributed by atoms with Gasteiger partial charge in [-0.1, -0.05) is 60.7 Å². The van der Waals surface area contributed by atoms with Crippen LogP contribution in [0.15, 0.2) is 79.6 Å². The van der Waals surface area contributed by atoms with E-state index in [0.717, 1.165) is 28.2 Å². The first-order valence-corrected chi connectivity index (χ1v) is 10.7. The predicted molar refractivity (Wildman–Crippen MR) is 124 cm³/mol. The molecule has 2 unspecified atom stereocenters. The number of rotatable bonds is 5. The van der Waals surface area contributed by atoms with Crippen LogP contribution < -0.4 is 5.32 Å². The van der Waals surface area contributed by atoms with E-state index in [-0.39, 0.29) is 0 Å². The predicted octanol–water partition coefficient (Wildman–Crippen LogP) is 6.12. The largest absolute Gasteiger partial charge is 0.382 e. The van der Waals surface area contributed by atoms with E-state index in [1.165, 1.54) is 29.5 Å². The summed E-state index contributed by atoms with van der Waals surface area (Å²) in [5.41, 5.74) is 9.33. The maximum absolute atomic E-state index is 4.75. The molecule has 1 saturated carbocycles. The molecule has 0 bridgehead atoms. The van der Waals surface area contributed by atoms with Crippen LogP contribution in [0.25, 0.3) is 22.6 Å². The number of imidazole rings is 1. The average Bonchev–Trinajstić information content (AvgIpc) is 3.17. The SMILES string of the molecule is C=C(NC1CCC1c1ccc(C)cc1C)c1ccc2nc(-c3ccccc3)cn2c1. The van der Waals surface area contributed by atoms with E-state index in [1.54, 1.807) is 0 Å². The second-order valence-corrected chi connectivity index (χ2v) is 8.45. The molecular weight excluding hydrogens is 366 g/mol. The molecule has 150 valence electrons. The third-order valence-electron chi connectivity index (χ3n) is 6.33. The smallest absolute Gasteiger partial charge is 0.137 e. The van der Waals surface area contributed by atoms with Crippen LogP contribution in [-0.2, 0) is 0 Å². The summed E-state index contributed by atoms with van der Waals surface area (Å²) in [6.07, 6.45) is 6.62. The topological polar surface area (TPSA) is 29.3 Å². The number of aryl methyl sites for hydroxylation is 2. The van der Waals surface area contributed by atoms with E-state index in [4.69, 9.17) is 4.98 Å². The minimum atomic E-state index is 0.442. The van der Waals surface area contributed by atoms with E-state index in [1.807, 2.05) is 18.2 Å². The van der Waals surface area contributed by atoms with Gasteiger partial charge >= 0.3 is 0 Å². The Labute approximate surface area is 178 Å². The molecule has 1 N–H and O–H groups in total. The van der Waals surface area contributed by atoms with Gasteiger partial charge < -0.3 is 9.72 Å². The van der Waals surface area contributed by atoms with E-state index < -0.39 is 0 Å².